The molecule has 4 aromatic rings. The molecule has 1 aliphatic carbocycles. The lowest BCUT2D eigenvalue weighted by Crippen LogP contribution is -2.45. The van der Waals surface area contributed by atoms with E-state index in [0.717, 1.165) is 48.1 Å². The van der Waals surface area contributed by atoms with E-state index in [0.29, 0.717) is 16.7 Å². The number of rotatable bonds is 10. The van der Waals surface area contributed by atoms with Gasteiger partial charge >= 0.3 is 0 Å². The number of carbonyl (C=O) groups excluding carboxylic acids is 2. The van der Waals surface area contributed by atoms with Crippen molar-refractivity contribution in [1.82, 2.24) is 15.1 Å². The van der Waals surface area contributed by atoms with E-state index in [-0.39, 0.29) is 24.3 Å². The predicted octanol–water partition coefficient (Wildman–Crippen LogP) is 6.54. The van der Waals surface area contributed by atoms with Crippen LogP contribution in [0, 0.1) is 0 Å². The van der Waals surface area contributed by atoms with E-state index in [4.69, 9.17) is 4.74 Å². The maximum atomic E-state index is 14.3. The Bertz CT molecular complexity index is 1350. The molecule has 40 heavy (non-hydrogen) atoms. The summed E-state index contributed by atoms with van der Waals surface area (Å²) in [7, 11) is 1.63. The highest BCUT2D eigenvalue weighted by atomic mass is 32.1. The summed E-state index contributed by atoms with van der Waals surface area (Å²) in [5.41, 5.74) is 2.83. The van der Waals surface area contributed by atoms with Gasteiger partial charge in [0.05, 0.1) is 13.0 Å². The van der Waals surface area contributed by atoms with Crippen LogP contribution < -0.4 is 10.1 Å². The normalized spacial score (nSPS) is 13.7. The van der Waals surface area contributed by atoms with Gasteiger partial charge in [-0.2, -0.15) is 0 Å². The Morgan fingerprint density at radius 3 is 2.12 bits per heavy atom. The molecule has 1 heterocycles. The number of methoxy groups -OCH3 is 1. The minimum absolute atomic E-state index is 0.0507. The fourth-order valence-corrected chi connectivity index (χ4v) is 6.09. The molecular formula is C32H34N4O3S. The highest BCUT2D eigenvalue weighted by molar-refractivity contribution is 7.18. The molecule has 2 amide bonds. The maximum Gasteiger partial charge on any atom is 0.234 e. The van der Waals surface area contributed by atoms with Crippen molar-refractivity contribution < 1.29 is 14.3 Å². The van der Waals surface area contributed by atoms with Gasteiger partial charge in [-0.05, 0) is 48.2 Å². The van der Waals surface area contributed by atoms with Gasteiger partial charge in [0.1, 0.15) is 10.8 Å². The monoisotopic (exact) mass is 554 g/mol. The average Bonchev–Trinajstić information content (AvgIpc) is 3.47. The zero-order valence-corrected chi connectivity index (χ0v) is 23.5. The van der Waals surface area contributed by atoms with Gasteiger partial charge in [-0.25, -0.2) is 0 Å². The van der Waals surface area contributed by atoms with Crippen LogP contribution in [-0.2, 0) is 9.59 Å². The molecule has 0 atom stereocenters. The second-order valence-corrected chi connectivity index (χ2v) is 11.0. The number of nitrogens with zero attached hydrogens (tertiary/aromatic N) is 3. The van der Waals surface area contributed by atoms with Crippen molar-refractivity contribution in [3.8, 4) is 16.3 Å². The summed E-state index contributed by atoms with van der Waals surface area (Å²) in [6.45, 7) is 0.357. The molecule has 1 aromatic heterocycles. The third-order valence-corrected chi connectivity index (χ3v) is 8.29. The minimum atomic E-state index is -0.414. The van der Waals surface area contributed by atoms with Crippen LogP contribution in [0.2, 0.25) is 0 Å². The van der Waals surface area contributed by atoms with Crippen LogP contribution in [0.3, 0.4) is 0 Å². The molecule has 7 nitrogen and oxygen atoms in total. The summed E-state index contributed by atoms with van der Waals surface area (Å²) < 4.78 is 5.22. The van der Waals surface area contributed by atoms with Gasteiger partial charge in [0.15, 0.2) is 0 Å². The van der Waals surface area contributed by atoms with E-state index in [1.54, 1.807) is 7.11 Å². The Hall–Kier alpha value is -4.04. The summed E-state index contributed by atoms with van der Waals surface area (Å²) in [4.78, 5) is 29.3. The summed E-state index contributed by atoms with van der Waals surface area (Å²) in [6.07, 6.45) is 5.50. The predicted molar refractivity (Wildman–Crippen MR) is 158 cm³/mol. The van der Waals surface area contributed by atoms with Crippen molar-refractivity contribution in [2.45, 2.75) is 50.5 Å². The van der Waals surface area contributed by atoms with Gasteiger partial charge in [0, 0.05) is 24.6 Å². The van der Waals surface area contributed by atoms with Gasteiger partial charge < -0.3 is 15.0 Å². The molecule has 0 bridgehead atoms. The number of hydrogen-bond donors (Lipinski definition) is 1. The van der Waals surface area contributed by atoms with E-state index in [1.165, 1.54) is 17.8 Å². The second-order valence-electron chi connectivity index (χ2n) is 10.0. The summed E-state index contributed by atoms with van der Waals surface area (Å²) in [5.74, 6) is 0.222. The molecule has 1 aliphatic rings. The Morgan fingerprint density at radius 1 is 0.900 bits per heavy atom. The van der Waals surface area contributed by atoms with Crippen LogP contribution in [0.4, 0.5) is 5.13 Å². The lowest BCUT2D eigenvalue weighted by Gasteiger charge is -2.37. The van der Waals surface area contributed by atoms with Gasteiger partial charge in [-0.1, -0.05) is 91.3 Å². The zero-order valence-electron chi connectivity index (χ0n) is 22.7. The van der Waals surface area contributed by atoms with Crippen LogP contribution in [0.5, 0.6) is 5.75 Å². The largest absolute Gasteiger partial charge is 0.497 e. The van der Waals surface area contributed by atoms with Crippen molar-refractivity contribution in [3.63, 3.8) is 0 Å². The lowest BCUT2D eigenvalue weighted by atomic mass is 9.87. The number of nitrogens with one attached hydrogen (secondary N) is 1. The molecule has 1 fully saturated rings. The number of aromatic nitrogens is 2. The lowest BCUT2D eigenvalue weighted by molar-refractivity contribution is -0.135. The molecule has 0 spiro atoms. The first-order chi connectivity index (χ1) is 19.6. The van der Waals surface area contributed by atoms with Crippen LogP contribution in [0.1, 0.15) is 55.6 Å². The zero-order chi connectivity index (χ0) is 27.7. The molecular weight excluding hydrogens is 520 g/mol. The fourth-order valence-electron chi connectivity index (χ4n) is 5.33. The first-order valence-corrected chi connectivity index (χ1v) is 14.6. The Balaban J connectivity index is 1.30. The summed E-state index contributed by atoms with van der Waals surface area (Å²) in [6, 6.07) is 27.5. The molecule has 5 rings (SSSR count). The van der Waals surface area contributed by atoms with Gasteiger partial charge in [0.2, 0.25) is 16.9 Å². The molecule has 1 N–H and O–H groups in total. The Morgan fingerprint density at radius 2 is 1.52 bits per heavy atom. The van der Waals surface area contributed by atoms with Crippen LogP contribution in [0.15, 0.2) is 84.9 Å². The SMILES string of the molecule is COc1ccc(-c2nnc(NC(=O)CCN(C(=O)C(c3ccccc3)c3ccccc3)C3CCCCC3)s2)cc1. The second kappa shape index (κ2) is 13.3. The number of carbonyl (C=O) groups is 2. The van der Waals surface area contributed by atoms with Crippen molar-refractivity contribution in [2.24, 2.45) is 0 Å². The fraction of sp³-hybridized carbons (Fsp3) is 0.312. The minimum Gasteiger partial charge on any atom is -0.497 e. The van der Waals surface area contributed by atoms with Gasteiger partial charge in [-0.3, -0.25) is 9.59 Å². The number of benzene rings is 3. The standard InChI is InChI=1S/C32H34N4O3S/c1-39-27-19-17-25(18-20-27)30-34-35-32(40-30)33-28(37)21-22-36(26-15-9-4-10-16-26)31(38)29(23-11-5-2-6-12-23)24-13-7-3-8-14-24/h2-3,5-8,11-14,17-20,26,29H,4,9-10,15-16,21-22H2,1H3,(H,33,35,37). The quantitative estimate of drug-likeness (QED) is 0.241. The van der Waals surface area contributed by atoms with E-state index in [9.17, 15) is 9.59 Å². The highest BCUT2D eigenvalue weighted by Crippen LogP contribution is 2.32. The number of ether oxygens (including phenoxy) is 1. The van der Waals surface area contributed by atoms with Crippen molar-refractivity contribution in [1.29, 1.82) is 0 Å². The van der Waals surface area contributed by atoms with Crippen LogP contribution >= 0.6 is 11.3 Å². The van der Waals surface area contributed by atoms with Crippen LogP contribution in [-0.4, -0.2) is 46.6 Å². The molecule has 0 radical (unpaired) electrons. The number of amides is 2. The van der Waals surface area contributed by atoms with Crippen molar-refractivity contribution >= 4 is 28.3 Å². The molecule has 8 heteroatoms. The number of anilines is 1. The van der Waals surface area contributed by atoms with Crippen LogP contribution in [0.25, 0.3) is 10.6 Å². The number of hydrogen-bond acceptors (Lipinski definition) is 6. The first kappa shape index (κ1) is 27.5. The molecule has 3 aromatic carbocycles. The van der Waals surface area contributed by atoms with Crippen molar-refractivity contribution in [2.75, 3.05) is 19.0 Å². The average molecular weight is 555 g/mol. The van der Waals surface area contributed by atoms with E-state index in [2.05, 4.69) is 15.5 Å². The summed E-state index contributed by atoms with van der Waals surface area (Å²) in [5, 5.41) is 12.4. The highest BCUT2D eigenvalue weighted by Gasteiger charge is 2.32. The smallest absolute Gasteiger partial charge is 0.234 e. The third kappa shape index (κ3) is 6.74. The molecule has 0 unspecified atom stereocenters. The molecule has 1 saturated carbocycles. The Labute approximate surface area is 239 Å². The topological polar surface area (TPSA) is 84.4 Å². The van der Waals surface area contributed by atoms with Crippen molar-refractivity contribution in [3.05, 3.63) is 96.1 Å². The Kier molecular flexibility index (Phi) is 9.18. The van der Waals surface area contributed by atoms with E-state index in [1.807, 2.05) is 89.8 Å². The van der Waals surface area contributed by atoms with Gasteiger partial charge in [0.25, 0.3) is 0 Å². The van der Waals surface area contributed by atoms with Gasteiger partial charge in [-0.15, -0.1) is 10.2 Å². The molecule has 206 valence electrons. The van der Waals surface area contributed by atoms with E-state index < -0.39 is 5.92 Å². The molecule has 0 aliphatic heterocycles. The first-order valence-electron chi connectivity index (χ1n) is 13.8. The maximum absolute atomic E-state index is 14.3. The molecule has 0 saturated heterocycles. The summed E-state index contributed by atoms with van der Waals surface area (Å²) >= 11 is 1.32. The third-order valence-electron chi connectivity index (χ3n) is 7.40. The van der Waals surface area contributed by atoms with E-state index >= 15 is 0 Å².